The Morgan fingerprint density at radius 3 is 1.55 bits per heavy atom. The quantitative estimate of drug-likeness (QED) is 0.227. The van der Waals surface area contributed by atoms with E-state index in [1.807, 2.05) is 12.3 Å². The lowest BCUT2D eigenvalue weighted by Crippen LogP contribution is -1.97. The van der Waals surface area contributed by atoms with Gasteiger partial charge in [0.2, 0.25) is 0 Å². The average Bonchev–Trinajstić information content (AvgIpc) is 3.55. The molecule has 0 saturated heterocycles. The summed E-state index contributed by atoms with van der Waals surface area (Å²) in [5.41, 5.74) is 8.09. The highest BCUT2D eigenvalue weighted by Gasteiger charge is 2.19. The predicted molar refractivity (Wildman–Crippen MR) is 168 cm³/mol. The van der Waals surface area contributed by atoms with Gasteiger partial charge in [-0.2, -0.15) is 0 Å². The van der Waals surface area contributed by atoms with Gasteiger partial charge in [0.25, 0.3) is 0 Å². The fraction of sp³-hybridized carbons (Fsp3) is 0. The van der Waals surface area contributed by atoms with Crippen molar-refractivity contribution in [3.63, 3.8) is 0 Å². The van der Waals surface area contributed by atoms with Crippen LogP contribution in [0.15, 0.2) is 140 Å². The molecule has 3 heteroatoms. The van der Waals surface area contributed by atoms with Crippen molar-refractivity contribution in [1.82, 2.24) is 14.1 Å². The number of rotatable bonds is 2. The Kier molecular flexibility index (Phi) is 4.33. The van der Waals surface area contributed by atoms with Crippen LogP contribution in [-0.2, 0) is 0 Å². The van der Waals surface area contributed by atoms with Crippen LogP contribution in [-0.4, -0.2) is 14.1 Å². The molecule has 3 heterocycles. The summed E-state index contributed by atoms with van der Waals surface area (Å²) in [4.78, 5) is 4.84. The lowest BCUT2D eigenvalue weighted by Gasteiger charge is -2.13. The smallest absolute Gasteiger partial charge is 0.0703 e. The Morgan fingerprint density at radius 2 is 0.900 bits per heavy atom. The molecule has 0 N–H and O–H groups in total. The third-order valence-electron chi connectivity index (χ3n) is 8.31. The van der Waals surface area contributed by atoms with Crippen LogP contribution >= 0.6 is 0 Å². The lowest BCUT2D eigenvalue weighted by molar-refractivity contribution is 1.16. The summed E-state index contributed by atoms with van der Waals surface area (Å²) in [7, 11) is 0. The van der Waals surface area contributed by atoms with Crippen LogP contribution in [0.3, 0.4) is 0 Å². The first-order valence-electron chi connectivity index (χ1n) is 13.7. The van der Waals surface area contributed by atoms with Gasteiger partial charge < -0.3 is 9.13 Å². The van der Waals surface area contributed by atoms with E-state index >= 15 is 0 Å². The van der Waals surface area contributed by atoms with Gasteiger partial charge in [-0.1, -0.05) is 97.1 Å². The zero-order chi connectivity index (χ0) is 26.2. The molecule has 0 aliphatic heterocycles. The van der Waals surface area contributed by atoms with Crippen LogP contribution in [0.25, 0.3) is 76.7 Å². The minimum atomic E-state index is 1.01. The van der Waals surface area contributed by atoms with E-state index in [2.05, 4.69) is 137 Å². The van der Waals surface area contributed by atoms with E-state index in [9.17, 15) is 0 Å². The number of hydrogen-bond donors (Lipinski definition) is 0. The summed E-state index contributed by atoms with van der Waals surface area (Å²) in [6.07, 6.45) is 2.01. The maximum absolute atomic E-state index is 4.84. The summed E-state index contributed by atoms with van der Waals surface area (Å²) in [6.45, 7) is 0. The molecule has 9 aromatic rings. The fourth-order valence-corrected chi connectivity index (χ4v) is 6.62. The molecule has 6 aromatic carbocycles. The molecule has 9 rings (SSSR count). The zero-order valence-corrected chi connectivity index (χ0v) is 21.6. The van der Waals surface area contributed by atoms with Gasteiger partial charge >= 0.3 is 0 Å². The first-order valence-corrected chi connectivity index (χ1v) is 13.7. The predicted octanol–water partition coefficient (Wildman–Crippen LogP) is 9.58. The first kappa shape index (κ1) is 21.5. The second kappa shape index (κ2) is 8.05. The van der Waals surface area contributed by atoms with Gasteiger partial charge in [-0.25, -0.2) is 0 Å². The molecule has 0 atom stereocenters. The van der Waals surface area contributed by atoms with Crippen molar-refractivity contribution in [3.05, 3.63) is 140 Å². The molecule has 3 aromatic heterocycles. The number of benzene rings is 6. The molecule has 0 aliphatic carbocycles. The van der Waals surface area contributed by atoms with Crippen LogP contribution in [0.5, 0.6) is 0 Å². The molecule has 0 fully saturated rings. The molecule has 0 radical (unpaired) electrons. The Morgan fingerprint density at radius 1 is 0.400 bits per heavy atom. The number of aromatic nitrogens is 3. The van der Waals surface area contributed by atoms with E-state index < -0.39 is 0 Å². The SMILES string of the molecule is c1ccc(-n2c3ccccc3c3ccc4c(ccc5c6ccccc6n(-c6cnc7ccccc7c6)c54)c32)cc1. The molecule has 0 saturated carbocycles. The van der Waals surface area contributed by atoms with Crippen LogP contribution in [0.2, 0.25) is 0 Å². The third kappa shape index (κ3) is 2.86. The molecule has 0 aliphatic rings. The van der Waals surface area contributed by atoms with E-state index in [1.165, 1.54) is 60.1 Å². The number of hydrogen-bond acceptors (Lipinski definition) is 1. The molecule has 0 bridgehead atoms. The number of pyridine rings is 1. The molecule has 40 heavy (non-hydrogen) atoms. The second-order valence-electron chi connectivity index (χ2n) is 10.4. The zero-order valence-electron chi connectivity index (χ0n) is 21.6. The molecule has 186 valence electrons. The first-order chi connectivity index (χ1) is 19.9. The van der Waals surface area contributed by atoms with E-state index in [1.54, 1.807) is 0 Å². The van der Waals surface area contributed by atoms with Crippen molar-refractivity contribution in [2.45, 2.75) is 0 Å². The third-order valence-corrected chi connectivity index (χ3v) is 8.31. The summed E-state index contributed by atoms with van der Waals surface area (Å²) in [6, 6.07) is 47.9. The largest absolute Gasteiger partial charge is 0.309 e. The standard InChI is InChI=1S/C37H23N3/c1-2-11-25(12-3-1)39-34-16-8-5-13-27(34)29-18-21-32-31(36(29)39)20-19-30-28-14-6-9-17-35(28)40(37(30)32)26-22-24-10-4-7-15-33(24)38-23-26/h1-23H. The summed E-state index contributed by atoms with van der Waals surface area (Å²) in [5, 5.41) is 8.63. The van der Waals surface area contributed by atoms with Crippen LogP contribution < -0.4 is 0 Å². The summed E-state index contributed by atoms with van der Waals surface area (Å²) < 4.78 is 4.82. The highest BCUT2D eigenvalue weighted by atomic mass is 15.0. The highest BCUT2D eigenvalue weighted by molar-refractivity contribution is 6.26. The maximum Gasteiger partial charge on any atom is 0.0703 e. The van der Waals surface area contributed by atoms with Gasteiger partial charge in [0.15, 0.2) is 0 Å². The Balaban J connectivity index is 1.49. The normalized spacial score (nSPS) is 12.0. The number of fused-ring (bicyclic) bond motifs is 10. The molecular formula is C37H23N3. The fourth-order valence-electron chi connectivity index (χ4n) is 6.62. The van der Waals surface area contributed by atoms with E-state index in [0.717, 1.165) is 16.6 Å². The van der Waals surface area contributed by atoms with Gasteiger partial charge in [-0.3, -0.25) is 4.98 Å². The minimum Gasteiger partial charge on any atom is -0.309 e. The molecule has 0 unspecified atom stereocenters. The van der Waals surface area contributed by atoms with Crippen molar-refractivity contribution in [1.29, 1.82) is 0 Å². The van der Waals surface area contributed by atoms with Crippen molar-refractivity contribution in [3.8, 4) is 11.4 Å². The molecule has 0 spiro atoms. The van der Waals surface area contributed by atoms with Crippen molar-refractivity contribution >= 4 is 65.3 Å². The Hall–Kier alpha value is -5.41. The van der Waals surface area contributed by atoms with Crippen LogP contribution in [0.1, 0.15) is 0 Å². The van der Waals surface area contributed by atoms with Gasteiger partial charge in [-0.15, -0.1) is 0 Å². The minimum absolute atomic E-state index is 1.01. The van der Waals surface area contributed by atoms with Crippen molar-refractivity contribution in [2.24, 2.45) is 0 Å². The number of para-hydroxylation sites is 4. The lowest BCUT2D eigenvalue weighted by atomic mass is 10.0. The van der Waals surface area contributed by atoms with Gasteiger partial charge in [0.1, 0.15) is 0 Å². The molecule has 3 nitrogen and oxygen atoms in total. The highest BCUT2D eigenvalue weighted by Crippen LogP contribution is 2.42. The number of nitrogens with zero attached hydrogens (tertiary/aromatic N) is 3. The Labute approximate surface area is 230 Å². The Bertz CT molecular complexity index is 2430. The molecular weight excluding hydrogens is 486 g/mol. The van der Waals surface area contributed by atoms with Crippen molar-refractivity contribution < 1.29 is 0 Å². The maximum atomic E-state index is 4.84. The topological polar surface area (TPSA) is 22.8 Å². The monoisotopic (exact) mass is 509 g/mol. The van der Waals surface area contributed by atoms with Gasteiger partial charge in [0, 0.05) is 43.4 Å². The summed E-state index contributed by atoms with van der Waals surface area (Å²) in [5.74, 6) is 0. The average molecular weight is 510 g/mol. The van der Waals surface area contributed by atoms with Gasteiger partial charge in [0.05, 0.1) is 39.5 Å². The van der Waals surface area contributed by atoms with Crippen LogP contribution in [0.4, 0.5) is 0 Å². The van der Waals surface area contributed by atoms with E-state index in [4.69, 9.17) is 4.98 Å². The van der Waals surface area contributed by atoms with Gasteiger partial charge in [-0.05, 0) is 36.4 Å². The van der Waals surface area contributed by atoms with E-state index in [-0.39, 0.29) is 0 Å². The molecule has 0 amide bonds. The second-order valence-corrected chi connectivity index (χ2v) is 10.4. The van der Waals surface area contributed by atoms with Crippen LogP contribution in [0, 0.1) is 0 Å². The van der Waals surface area contributed by atoms with Crippen molar-refractivity contribution in [2.75, 3.05) is 0 Å². The summed E-state index contributed by atoms with van der Waals surface area (Å²) >= 11 is 0. The van der Waals surface area contributed by atoms with E-state index in [0.29, 0.717) is 0 Å².